The second-order valence-corrected chi connectivity index (χ2v) is 5.31. The normalized spacial score (nSPS) is 14.0. The second kappa shape index (κ2) is 4.94. The van der Waals surface area contributed by atoms with Gasteiger partial charge in [-0.25, -0.2) is 18.1 Å². The number of hydrogen-bond donors (Lipinski definition) is 2. The number of aromatic nitrogens is 2. The van der Waals surface area contributed by atoms with Gasteiger partial charge in [-0.05, 0) is 13.3 Å². The van der Waals surface area contributed by atoms with E-state index in [-0.39, 0.29) is 11.6 Å². The van der Waals surface area contributed by atoms with Crippen LogP contribution in [0, 0.1) is 6.92 Å². The number of imidazole rings is 1. The van der Waals surface area contributed by atoms with Gasteiger partial charge in [-0.15, -0.1) is 0 Å². The van der Waals surface area contributed by atoms with E-state index in [1.54, 1.807) is 25.5 Å². The van der Waals surface area contributed by atoms with Crippen LogP contribution >= 0.6 is 0 Å². The highest BCUT2D eigenvalue weighted by molar-refractivity contribution is 7.89. The summed E-state index contributed by atoms with van der Waals surface area (Å²) in [5.41, 5.74) is 0. The summed E-state index contributed by atoms with van der Waals surface area (Å²) in [6, 6.07) is -0.465. The van der Waals surface area contributed by atoms with E-state index in [9.17, 15) is 8.42 Å². The van der Waals surface area contributed by atoms with Crippen molar-refractivity contribution in [3.8, 4) is 0 Å². The molecule has 0 amide bonds. The standard InChI is InChI=1S/C9H17N3O3S/c1-4-8(6-13)11-16(14,15)9-5-12(3)7(2)10-9/h5,8,11,13H,4,6H2,1-3H3/t8-/m0/s1. The molecule has 0 aromatic carbocycles. The van der Waals surface area contributed by atoms with Gasteiger partial charge in [0.1, 0.15) is 5.82 Å². The number of aliphatic hydroxyl groups excluding tert-OH is 1. The van der Waals surface area contributed by atoms with E-state index in [1.165, 1.54) is 6.20 Å². The molecule has 1 aromatic rings. The summed E-state index contributed by atoms with van der Waals surface area (Å²) in [6.07, 6.45) is 1.98. The topological polar surface area (TPSA) is 84.2 Å². The van der Waals surface area contributed by atoms with Gasteiger partial charge in [-0.3, -0.25) is 0 Å². The third kappa shape index (κ3) is 2.81. The van der Waals surface area contributed by atoms with E-state index in [2.05, 4.69) is 9.71 Å². The Morgan fingerprint density at radius 1 is 1.62 bits per heavy atom. The number of rotatable bonds is 5. The van der Waals surface area contributed by atoms with Crippen molar-refractivity contribution >= 4 is 10.0 Å². The molecular weight excluding hydrogens is 230 g/mol. The van der Waals surface area contributed by atoms with Crippen molar-refractivity contribution < 1.29 is 13.5 Å². The number of nitrogens with zero attached hydrogens (tertiary/aromatic N) is 2. The maximum absolute atomic E-state index is 11.8. The van der Waals surface area contributed by atoms with Gasteiger partial charge in [0, 0.05) is 19.3 Å². The molecule has 0 bridgehead atoms. The Kier molecular flexibility index (Phi) is 4.06. The van der Waals surface area contributed by atoms with Crippen LogP contribution in [0.1, 0.15) is 19.2 Å². The maximum atomic E-state index is 11.8. The molecule has 0 spiro atoms. The zero-order chi connectivity index (χ0) is 12.3. The molecule has 1 heterocycles. The lowest BCUT2D eigenvalue weighted by molar-refractivity contribution is 0.253. The van der Waals surface area contributed by atoms with E-state index in [0.717, 1.165) is 0 Å². The largest absolute Gasteiger partial charge is 0.395 e. The van der Waals surface area contributed by atoms with E-state index < -0.39 is 16.1 Å². The van der Waals surface area contributed by atoms with Gasteiger partial charge in [-0.1, -0.05) is 6.92 Å². The van der Waals surface area contributed by atoms with E-state index >= 15 is 0 Å². The first-order valence-electron chi connectivity index (χ1n) is 5.03. The molecule has 1 rings (SSSR count). The van der Waals surface area contributed by atoms with Crippen molar-refractivity contribution in [3.05, 3.63) is 12.0 Å². The molecule has 7 heteroatoms. The van der Waals surface area contributed by atoms with Crippen LogP contribution in [0.25, 0.3) is 0 Å². The summed E-state index contributed by atoms with van der Waals surface area (Å²) in [7, 11) is -1.90. The Labute approximate surface area is 95.4 Å². The Bertz CT molecular complexity index is 429. The molecule has 0 aliphatic carbocycles. The molecule has 92 valence electrons. The first-order chi connectivity index (χ1) is 7.40. The minimum atomic E-state index is -3.63. The van der Waals surface area contributed by atoms with Gasteiger partial charge >= 0.3 is 0 Å². The molecule has 2 N–H and O–H groups in total. The van der Waals surface area contributed by atoms with Crippen LogP contribution in [0.4, 0.5) is 0 Å². The van der Waals surface area contributed by atoms with Crippen molar-refractivity contribution in [1.29, 1.82) is 0 Å². The third-order valence-corrected chi connectivity index (χ3v) is 3.79. The van der Waals surface area contributed by atoms with Crippen molar-refractivity contribution in [2.45, 2.75) is 31.3 Å². The summed E-state index contributed by atoms with van der Waals surface area (Å²) < 4.78 is 27.7. The number of sulfonamides is 1. The fourth-order valence-electron chi connectivity index (χ4n) is 1.19. The van der Waals surface area contributed by atoms with Crippen LogP contribution in [0.5, 0.6) is 0 Å². The van der Waals surface area contributed by atoms with Crippen LogP contribution in [0.3, 0.4) is 0 Å². The van der Waals surface area contributed by atoms with Gasteiger partial charge in [-0.2, -0.15) is 0 Å². The zero-order valence-corrected chi connectivity index (χ0v) is 10.5. The van der Waals surface area contributed by atoms with E-state index in [4.69, 9.17) is 5.11 Å². The Morgan fingerprint density at radius 3 is 2.62 bits per heavy atom. The highest BCUT2D eigenvalue weighted by atomic mass is 32.2. The lowest BCUT2D eigenvalue weighted by Gasteiger charge is -2.12. The molecule has 0 aliphatic rings. The molecule has 1 atom stereocenters. The van der Waals surface area contributed by atoms with Gasteiger partial charge in [0.15, 0.2) is 5.03 Å². The third-order valence-electron chi connectivity index (χ3n) is 2.40. The van der Waals surface area contributed by atoms with E-state index in [1.807, 2.05) is 0 Å². The average Bonchev–Trinajstić information content (AvgIpc) is 2.56. The highest BCUT2D eigenvalue weighted by Gasteiger charge is 2.21. The fraction of sp³-hybridized carbons (Fsp3) is 0.667. The predicted octanol–water partition coefficient (Wildman–Crippen LogP) is -0.222. The van der Waals surface area contributed by atoms with Crippen LogP contribution in [-0.4, -0.2) is 35.7 Å². The molecule has 0 fully saturated rings. The second-order valence-electron chi connectivity index (χ2n) is 3.65. The van der Waals surface area contributed by atoms with Crippen LogP contribution in [0.2, 0.25) is 0 Å². The molecule has 0 saturated heterocycles. The highest BCUT2D eigenvalue weighted by Crippen LogP contribution is 2.08. The number of aryl methyl sites for hydroxylation is 2. The summed E-state index contributed by atoms with van der Waals surface area (Å²) in [5.74, 6) is 0.623. The molecule has 0 aliphatic heterocycles. The average molecular weight is 247 g/mol. The number of hydrogen-bond acceptors (Lipinski definition) is 4. The summed E-state index contributed by atoms with van der Waals surface area (Å²) in [5, 5.41) is 8.93. The Hall–Kier alpha value is -0.920. The van der Waals surface area contributed by atoms with Gasteiger partial charge in [0.05, 0.1) is 6.61 Å². The smallest absolute Gasteiger partial charge is 0.259 e. The summed E-state index contributed by atoms with van der Waals surface area (Å²) in [4.78, 5) is 3.93. The predicted molar refractivity (Wildman–Crippen MR) is 59.4 cm³/mol. The monoisotopic (exact) mass is 247 g/mol. The van der Waals surface area contributed by atoms with Crippen LogP contribution in [0.15, 0.2) is 11.2 Å². The van der Waals surface area contributed by atoms with Crippen molar-refractivity contribution in [2.75, 3.05) is 6.61 Å². The maximum Gasteiger partial charge on any atom is 0.259 e. The fourth-order valence-corrected chi connectivity index (χ4v) is 2.54. The zero-order valence-electron chi connectivity index (χ0n) is 9.64. The molecule has 0 unspecified atom stereocenters. The number of nitrogens with one attached hydrogen (secondary N) is 1. The summed E-state index contributed by atoms with van der Waals surface area (Å²) >= 11 is 0. The van der Waals surface area contributed by atoms with E-state index in [0.29, 0.717) is 12.2 Å². The molecule has 6 nitrogen and oxygen atoms in total. The van der Waals surface area contributed by atoms with Crippen molar-refractivity contribution in [1.82, 2.24) is 14.3 Å². The Balaban J connectivity index is 2.94. The van der Waals surface area contributed by atoms with Crippen molar-refractivity contribution in [3.63, 3.8) is 0 Å². The quantitative estimate of drug-likeness (QED) is 0.753. The lowest BCUT2D eigenvalue weighted by atomic mass is 10.3. The molecule has 1 aromatic heterocycles. The van der Waals surface area contributed by atoms with Crippen molar-refractivity contribution in [2.24, 2.45) is 7.05 Å². The SMILES string of the molecule is CC[C@@H](CO)NS(=O)(=O)c1cn(C)c(C)n1. The van der Waals surface area contributed by atoms with Gasteiger partial charge in [0.2, 0.25) is 0 Å². The van der Waals surface area contributed by atoms with Gasteiger partial charge in [0.25, 0.3) is 10.0 Å². The molecule has 0 radical (unpaired) electrons. The molecular formula is C9H17N3O3S. The van der Waals surface area contributed by atoms with Crippen LogP contribution < -0.4 is 4.72 Å². The van der Waals surface area contributed by atoms with Gasteiger partial charge < -0.3 is 9.67 Å². The summed E-state index contributed by atoms with van der Waals surface area (Å²) in [6.45, 7) is 3.30. The molecule has 0 saturated carbocycles. The first-order valence-corrected chi connectivity index (χ1v) is 6.52. The molecule has 16 heavy (non-hydrogen) atoms. The lowest BCUT2D eigenvalue weighted by Crippen LogP contribution is -2.37. The minimum Gasteiger partial charge on any atom is -0.395 e. The Morgan fingerprint density at radius 2 is 2.25 bits per heavy atom. The number of aliphatic hydroxyl groups is 1. The minimum absolute atomic E-state index is 0.0144. The first kappa shape index (κ1) is 13.1. The van der Waals surface area contributed by atoms with Crippen LogP contribution in [-0.2, 0) is 17.1 Å².